The predicted octanol–water partition coefficient (Wildman–Crippen LogP) is 5.19. The number of hydrogen-bond donors (Lipinski definition) is 2. The molecule has 0 amide bonds. The summed E-state index contributed by atoms with van der Waals surface area (Å²) in [5, 5.41) is 0.875. The third-order valence-corrected chi connectivity index (χ3v) is 7.55. The van der Waals surface area contributed by atoms with Crippen LogP contribution >= 0.6 is 20.6 Å². The first-order chi connectivity index (χ1) is 13.4. The van der Waals surface area contributed by atoms with Crippen molar-refractivity contribution in [1.82, 2.24) is 0 Å². The van der Waals surface area contributed by atoms with Crippen molar-refractivity contribution in [3.05, 3.63) is 87.6 Å². The van der Waals surface area contributed by atoms with E-state index in [0.717, 1.165) is 10.7 Å². The van der Waals surface area contributed by atoms with Gasteiger partial charge in [0.15, 0.2) is 0 Å². The third-order valence-electron chi connectivity index (χ3n) is 6.06. The Morgan fingerprint density at radius 1 is 0.929 bits per heavy atom. The summed E-state index contributed by atoms with van der Waals surface area (Å²) in [6, 6.07) is 17.4. The fourth-order valence-electron chi connectivity index (χ4n) is 5.31. The Balaban J connectivity index is 2.09. The molecule has 0 saturated heterocycles. The molecule has 0 saturated carbocycles. The largest absolute Gasteiger partial charge is 0.402 e. The lowest BCUT2D eigenvalue weighted by Crippen LogP contribution is -2.28. The standard InChI is InChI=1S/C24H23N2PS/c1-12(2)18-14-8-4-6-10-16(14)24(20(18)13(3)25)17-11-7-5-9-15(17)19-21(24)22(26)28-23(19)27/h4-11H,25-27H2,1-3H3/b20-13-. The van der Waals surface area contributed by atoms with Crippen molar-refractivity contribution in [2.75, 3.05) is 5.73 Å². The predicted molar refractivity (Wildman–Crippen MR) is 125 cm³/mol. The lowest BCUT2D eigenvalue weighted by atomic mass is 9.70. The Bertz CT molecular complexity index is 1220. The number of anilines is 1. The summed E-state index contributed by atoms with van der Waals surface area (Å²) in [5.74, 6) is 0. The second-order valence-electron chi connectivity index (χ2n) is 7.85. The minimum absolute atomic E-state index is 0.441. The molecule has 5 rings (SSSR count). The molecule has 0 bridgehead atoms. The third kappa shape index (κ3) is 1.91. The molecule has 2 aliphatic rings. The molecule has 2 aliphatic carbocycles. The lowest BCUT2D eigenvalue weighted by molar-refractivity contribution is 0.786. The van der Waals surface area contributed by atoms with Gasteiger partial charge in [-0.1, -0.05) is 63.3 Å². The first-order valence-corrected chi connectivity index (χ1v) is 10.8. The van der Waals surface area contributed by atoms with Gasteiger partial charge in [-0.25, -0.2) is 0 Å². The first-order valence-electron chi connectivity index (χ1n) is 9.43. The molecule has 2 nitrogen and oxygen atoms in total. The Morgan fingerprint density at radius 2 is 1.50 bits per heavy atom. The van der Waals surface area contributed by atoms with E-state index in [2.05, 4.69) is 71.6 Å². The van der Waals surface area contributed by atoms with E-state index in [4.69, 9.17) is 11.5 Å². The Kier molecular flexibility index (Phi) is 3.69. The van der Waals surface area contributed by atoms with Crippen LogP contribution in [-0.4, -0.2) is 0 Å². The Labute approximate surface area is 172 Å². The molecule has 0 radical (unpaired) electrons. The van der Waals surface area contributed by atoms with Crippen LogP contribution in [0.5, 0.6) is 0 Å². The zero-order valence-corrected chi connectivity index (χ0v) is 18.2. The number of rotatable bonds is 0. The van der Waals surface area contributed by atoms with Gasteiger partial charge in [0.05, 0.1) is 10.4 Å². The molecule has 140 valence electrons. The van der Waals surface area contributed by atoms with Gasteiger partial charge < -0.3 is 11.5 Å². The Morgan fingerprint density at radius 3 is 2.11 bits per heavy atom. The second-order valence-corrected chi connectivity index (χ2v) is 9.93. The summed E-state index contributed by atoms with van der Waals surface area (Å²) < 4.78 is 1.19. The highest BCUT2D eigenvalue weighted by Gasteiger charge is 2.56. The second kappa shape index (κ2) is 5.83. The van der Waals surface area contributed by atoms with Crippen LogP contribution in [0.25, 0.3) is 16.7 Å². The minimum Gasteiger partial charge on any atom is -0.402 e. The highest BCUT2D eigenvalue weighted by atomic mass is 32.1. The van der Waals surface area contributed by atoms with Gasteiger partial charge in [-0.2, -0.15) is 0 Å². The monoisotopic (exact) mass is 402 g/mol. The van der Waals surface area contributed by atoms with E-state index in [0.29, 0.717) is 0 Å². The smallest absolute Gasteiger partial charge is 0.0917 e. The summed E-state index contributed by atoms with van der Waals surface area (Å²) in [5.41, 5.74) is 25.0. The number of nitrogen functional groups attached to an aromatic ring is 1. The molecule has 1 heterocycles. The van der Waals surface area contributed by atoms with Crippen LogP contribution < -0.4 is 16.1 Å². The zero-order chi connectivity index (χ0) is 19.8. The lowest BCUT2D eigenvalue weighted by Gasteiger charge is -2.31. The highest BCUT2D eigenvalue weighted by Crippen LogP contribution is 2.66. The number of fused-ring (bicyclic) bond motifs is 7. The molecular weight excluding hydrogens is 379 g/mol. The Hall–Kier alpha value is -2.35. The minimum atomic E-state index is -0.441. The molecule has 0 fully saturated rings. The van der Waals surface area contributed by atoms with Crippen LogP contribution in [0.2, 0.25) is 0 Å². The summed E-state index contributed by atoms with van der Waals surface area (Å²) in [6.45, 7) is 6.37. The van der Waals surface area contributed by atoms with Crippen molar-refractivity contribution in [3.8, 4) is 11.1 Å². The quantitative estimate of drug-likeness (QED) is 0.509. The van der Waals surface area contributed by atoms with Gasteiger partial charge in [-0.3, -0.25) is 0 Å². The van der Waals surface area contributed by atoms with Crippen molar-refractivity contribution in [3.63, 3.8) is 0 Å². The molecule has 4 heteroatoms. The van der Waals surface area contributed by atoms with Gasteiger partial charge in [-0.05, 0) is 54.2 Å². The maximum Gasteiger partial charge on any atom is 0.0917 e. The van der Waals surface area contributed by atoms with Crippen LogP contribution in [0.1, 0.15) is 43.0 Å². The fraction of sp³-hybridized carbons (Fsp3) is 0.167. The van der Waals surface area contributed by atoms with Gasteiger partial charge >= 0.3 is 0 Å². The van der Waals surface area contributed by atoms with E-state index in [9.17, 15) is 0 Å². The van der Waals surface area contributed by atoms with Crippen LogP contribution in [0, 0.1) is 0 Å². The van der Waals surface area contributed by atoms with E-state index in [1.54, 1.807) is 11.3 Å². The van der Waals surface area contributed by atoms with Crippen molar-refractivity contribution in [2.24, 2.45) is 5.73 Å². The SMILES string of the molecule is CC(C)=C1/C(=C(\C)N)C2(c3ccccc31)c1ccccc1-c1c(P)sc(N)c12. The van der Waals surface area contributed by atoms with Gasteiger partial charge in [-0.15, -0.1) is 11.3 Å². The normalized spacial score (nSPS) is 20.9. The van der Waals surface area contributed by atoms with Crippen LogP contribution in [0.3, 0.4) is 0 Å². The average molecular weight is 403 g/mol. The van der Waals surface area contributed by atoms with Gasteiger partial charge in [0, 0.05) is 21.4 Å². The molecule has 3 aromatic rings. The summed E-state index contributed by atoms with van der Waals surface area (Å²) in [6.07, 6.45) is 0. The van der Waals surface area contributed by atoms with Gasteiger partial charge in [0.1, 0.15) is 0 Å². The zero-order valence-electron chi connectivity index (χ0n) is 16.3. The molecule has 1 aromatic heterocycles. The summed E-state index contributed by atoms with van der Waals surface area (Å²) >= 11 is 1.66. The molecule has 1 spiro atoms. The van der Waals surface area contributed by atoms with Crippen LogP contribution in [-0.2, 0) is 5.41 Å². The molecule has 2 unspecified atom stereocenters. The van der Waals surface area contributed by atoms with Gasteiger partial charge in [0.2, 0.25) is 0 Å². The maximum absolute atomic E-state index is 6.69. The fourth-order valence-corrected chi connectivity index (χ4v) is 6.90. The van der Waals surface area contributed by atoms with Crippen molar-refractivity contribution in [2.45, 2.75) is 26.2 Å². The maximum atomic E-state index is 6.69. The average Bonchev–Trinajstić information content (AvgIpc) is 3.25. The van der Waals surface area contributed by atoms with Crippen molar-refractivity contribution >= 4 is 35.8 Å². The van der Waals surface area contributed by atoms with E-state index in [1.807, 2.05) is 6.92 Å². The summed E-state index contributed by atoms with van der Waals surface area (Å²) in [4.78, 5) is 0. The van der Waals surface area contributed by atoms with E-state index in [1.165, 1.54) is 54.7 Å². The van der Waals surface area contributed by atoms with Crippen LogP contribution in [0.4, 0.5) is 5.00 Å². The molecule has 28 heavy (non-hydrogen) atoms. The van der Waals surface area contributed by atoms with Crippen molar-refractivity contribution < 1.29 is 0 Å². The number of benzene rings is 2. The van der Waals surface area contributed by atoms with E-state index in [-0.39, 0.29) is 0 Å². The first kappa shape index (κ1) is 17.7. The molecule has 2 atom stereocenters. The molecule has 0 aliphatic heterocycles. The highest BCUT2D eigenvalue weighted by molar-refractivity contribution is 7.45. The number of hydrogen-bond acceptors (Lipinski definition) is 3. The van der Waals surface area contributed by atoms with E-state index >= 15 is 0 Å². The number of nitrogens with two attached hydrogens (primary N) is 2. The van der Waals surface area contributed by atoms with E-state index < -0.39 is 5.41 Å². The van der Waals surface area contributed by atoms with Crippen molar-refractivity contribution in [1.29, 1.82) is 0 Å². The summed E-state index contributed by atoms with van der Waals surface area (Å²) in [7, 11) is 2.89. The van der Waals surface area contributed by atoms with Gasteiger partial charge in [0.25, 0.3) is 0 Å². The number of thiophene rings is 1. The van der Waals surface area contributed by atoms with Crippen LogP contribution in [0.15, 0.2) is 65.4 Å². The number of allylic oxidation sites excluding steroid dienone is 4. The molecule has 2 aromatic carbocycles. The molecule has 4 N–H and O–H groups in total. The topological polar surface area (TPSA) is 52.0 Å². The molecular formula is C24H23N2PS.